The number of hydrogen-bond donors (Lipinski definition) is 2. The molecule has 15 heavy (non-hydrogen) atoms. The van der Waals surface area contributed by atoms with Crippen LogP contribution in [0.2, 0.25) is 0 Å². The standard InChI is InChI=1S/C10H16N2O2S/c1-11-8-7-9-5-3-4-6-10(9)12-15(2,13)14/h3-6,11-12H,7-8H2,1-2H3. The van der Waals surface area contributed by atoms with Gasteiger partial charge in [-0.25, -0.2) is 8.42 Å². The van der Waals surface area contributed by atoms with E-state index in [2.05, 4.69) is 10.0 Å². The average molecular weight is 228 g/mol. The topological polar surface area (TPSA) is 58.2 Å². The Hall–Kier alpha value is -1.07. The van der Waals surface area contributed by atoms with Crippen molar-refractivity contribution < 1.29 is 8.42 Å². The zero-order valence-electron chi connectivity index (χ0n) is 8.95. The van der Waals surface area contributed by atoms with Crippen molar-refractivity contribution in [1.29, 1.82) is 0 Å². The van der Waals surface area contributed by atoms with E-state index in [-0.39, 0.29) is 0 Å². The molecule has 2 N–H and O–H groups in total. The first-order chi connectivity index (χ1) is 7.03. The van der Waals surface area contributed by atoms with Gasteiger partial charge in [0.25, 0.3) is 0 Å². The summed E-state index contributed by atoms with van der Waals surface area (Å²) in [6.45, 7) is 0.822. The van der Waals surface area contributed by atoms with Crippen LogP contribution >= 0.6 is 0 Å². The number of hydrogen-bond acceptors (Lipinski definition) is 3. The number of anilines is 1. The lowest BCUT2D eigenvalue weighted by Gasteiger charge is -2.09. The molecular formula is C10H16N2O2S. The quantitative estimate of drug-likeness (QED) is 0.784. The maximum atomic E-state index is 11.1. The van der Waals surface area contributed by atoms with Crippen LogP contribution < -0.4 is 10.0 Å². The number of rotatable bonds is 5. The fourth-order valence-electron chi connectivity index (χ4n) is 1.30. The van der Waals surface area contributed by atoms with Crippen molar-refractivity contribution in [2.45, 2.75) is 6.42 Å². The smallest absolute Gasteiger partial charge is 0.229 e. The lowest BCUT2D eigenvalue weighted by Crippen LogP contribution is -2.14. The Balaban J connectivity index is 2.86. The highest BCUT2D eigenvalue weighted by molar-refractivity contribution is 7.92. The molecule has 0 aliphatic rings. The third kappa shape index (κ3) is 4.31. The van der Waals surface area contributed by atoms with Gasteiger partial charge in [-0.2, -0.15) is 0 Å². The summed E-state index contributed by atoms with van der Waals surface area (Å²) < 4.78 is 24.7. The molecule has 0 atom stereocenters. The third-order valence-corrected chi connectivity index (χ3v) is 2.55. The van der Waals surface area contributed by atoms with E-state index in [0.717, 1.165) is 24.8 Å². The second kappa shape index (κ2) is 5.14. The minimum absolute atomic E-state index is 0.662. The van der Waals surface area contributed by atoms with E-state index < -0.39 is 10.0 Å². The highest BCUT2D eigenvalue weighted by Crippen LogP contribution is 2.16. The van der Waals surface area contributed by atoms with Crippen molar-refractivity contribution in [3.05, 3.63) is 29.8 Å². The van der Waals surface area contributed by atoms with Crippen LogP contribution in [0.4, 0.5) is 5.69 Å². The molecule has 0 bridgehead atoms. The van der Waals surface area contributed by atoms with Crippen LogP contribution in [0.1, 0.15) is 5.56 Å². The van der Waals surface area contributed by atoms with Crippen LogP contribution in [0.3, 0.4) is 0 Å². The minimum atomic E-state index is -3.20. The van der Waals surface area contributed by atoms with Gasteiger partial charge < -0.3 is 5.32 Å². The molecule has 0 spiro atoms. The monoisotopic (exact) mass is 228 g/mol. The van der Waals surface area contributed by atoms with Gasteiger partial charge in [-0.15, -0.1) is 0 Å². The lowest BCUT2D eigenvalue weighted by atomic mass is 10.1. The van der Waals surface area contributed by atoms with E-state index >= 15 is 0 Å². The summed E-state index contributed by atoms with van der Waals surface area (Å²) in [5.41, 5.74) is 1.66. The second-order valence-corrected chi connectivity index (χ2v) is 5.13. The largest absolute Gasteiger partial charge is 0.319 e. The van der Waals surface area contributed by atoms with Crippen molar-refractivity contribution in [1.82, 2.24) is 5.32 Å². The molecule has 1 aromatic rings. The number of nitrogens with one attached hydrogen (secondary N) is 2. The molecule has 1 aromatic carbocycles. The Morgan fingerprint density at radius 3 is 2.53 bits per heavy atom. The molecule has 0 amide bonds. The highest BCUT2D eigenvalue weighted by Gasteiger charge is 2.05. The maximum absolute atomic E-state index is 11.1. The number of likely N-dealkylation sites (N-methyl/N-ethyl adjacent to an activating group) is 1. The Morgan fingerprint density at radius 1 is 1.27 bits per heavy atom. The third-order valence-electron chi connectivity index (χ3n) is 1.96. The molecule has 4 nitrogen and oxygen atoms in total. The summed E-state index contributed by atoms with van der Waals surface area (Å²) in [6.07, 6.45) is 1.96. The van der Waals surface area contributed by atoms with E-state index in [1.807, 2.05) is 25.2 Å². The van der Waals surface area contributed by atoms with Gasteiger partial charge in [0.05, 0.1) is 11.9 Å². The molecule has 0 saturated carbocycles. The van der Waals surface area contributed by atoms with Crippen LogP contribution in [0.15, 0.2) is 24.3 Å². The fraction of sp³-hybridized carbons (Fsp3) is 0.400. The molecule has 0 aromatic heterocycles. The lowest BCUT2D eigenvalue weighted by molar-refractivity contribution is 0.606. The Kier molecular flexibility index (Phi) is 4.11. The SMILES string of the molecule is CNCCc1ccccc1NS(C)(=O)=O. The summed E-state index contributed by atoms with van der Waals surface area (Å²) in [4.78, 5) is 0. The number of benzene rings is 1. The van der Waals surface area contributed by atoms with Gasteiger partial charge in [0.1, 0.15) is 0 Å². The predicted octanol–water partition coefficient (Wildman–Crippen LogP) is 0.820. The zero-order chi connectivity index (χ0) is 11.3. The van der Waals surface area contributed by atoms with E-state index in [4.69, 9.17) is 0 Å². The van der Waals surface area contributed by atoms with E-state index in [9.17, 15) is 8.42 Å². The van der Waals surface area contributed by atoms with Gasteiger partial charge in [-0.3, -0.25) is 4.72 Å². The summed E-state index contributed by atoms with van der Waals surface area (Å²) in [6, 6.07) is 7.41. The summed E-state index contributed by atoms with van der Waals surface area (Å²) in [5.74, 6) is 0. The van der Waals surface area contributed by atoms with Crippen LogP contribution in [-0.4, -0.2) is 28.3 Å². The highest BCUT2D eigenvalue weighted by atomic mass is 32.2. The molecule has 0 fully saturated rings. The second-order valence-electron chi connectivity index (χ2n) is 3.38. The first kappa shape index (κ1) is 12.0. The van der Waals surface area contributed by atoms with Gasteiger partial charge in [-0.1, -0.05) is 18.2 Å². The summed E-state index contributed by atoms with van der Waals surface area (Å²) in [7, 11) is -1.33. The van der Waals surface area contributed by atoms with Crippen molar-refractivity contribution in [3.63, 3.8) is 0 Å². The maximum Gasteiger partial charge on any atom is 0.229 e. The van der Waals surface area contributed by atoms with Gasteiger partial charge in [0.2, 0.25) is 10.0 Å². The van der Waals surface area contributed by atoms with Crippen molar-refractivity contribution in [2.75, 3.05) is 24.6 Å². The Labute approximate surface area is 90.8 Å². The first-order valence-corrected chi connectivity index (χ1v) is 6.62. The van der Waals surface area contributed by atoms with E-state index in [1.165, 1.54) is 0 Å². The molecule has 0 saturated heterocycles. The van der Waals surface area contributed by atoms with Crippen LogP contribution in [-0.2, 0) is 16.4 Å². The molecule has 0 aliphatic carbocycles. The first-order valence-electron chi connectivity index (χ1n) is 4.73. The van der Waals surface area contributed by atoms with Crippen LogP contribution in [0.5, 0.6) is 0 Å². The molecule has 0 aliphatic heterocycles. The van der Waals surface area contributed by atoms with E-state index in [0.29, 0.717) is 5.69 Å². The van der Waals surface area contributed by atoms with E-state index in [1.54, 1.807) is 6.07 Å². The Morgan fingerprint density at radius 2 is 1.93 bits per heavy atom. The molecular weight excluding hydrogens is 212 g/mol. The van der Waals surface area contributed by atoms with Gasteiger partial charge in [0, 0.05) is 0 Å². The fourth-order valence-corrected chi connectivity index (χ4v) is 1.90. The van der Waals surface area contributed by atoms with Crippen molar-refractivity contribution >= 4 is 15.7 Å². The molecule has 0 unspecified atom stereocenters. The minimum Gasteiger partial charge on any atom is -0.319 e. The number of para-hydroxylation sites is 1. The molecule has 5 heteroatoms. The van der Waals surface area contributed by atoms with Gasteiger partial charge in [0.15, 0.2) is 0 Å². The Bertz CT molecular complexity index is 415. The van der Waals surface area contributed by atoms with Crippen molar-refractivity contribution in [3.8, 4) is 0 Å². The molecule has 84 valence electrons. The molecule has 1 rings (SSSR count). The van der Waals surface area contributed by atoms with Gasteiger partial charge in [-0.05, 0) is 31.6 Å². The summed E-state index contributed by atoms with van der Waals surface area (Å²) in [5, 5.41) is 3.03. The summed E-state index contributed by atoms with van der Waals surface area (Å²) >= 11 is 0. The molecule has 0 heterocycles. The van der Waals surface area contributed by atoms with Crippen molar-refractivity contribution in [2.24, 2.45) is 0 Å². The van der Waals surface area contributed by atoms with Gasteiger partial charge >= 0.3 is 0 Å². The number of sulfonamides is 1. The average Bonchev–Trinajstić information content (AvgIpc) is 2.14. The molecule has 0 radical (unpaired) electrons. The van der Waals surface area contributed by atoms with Crippen LogP contribution in [0.25, 0.3) is 0 Å². The normalized spacial score (nSPS) is 11.3. The predicted molar refractivity (Wildman–Crippen MR) is 62.5 cm³/mol. The zero-order valence-corrected chi connectivity index (χ0v) is 9.76. The van der Waals surface area contributed by atoms with Crippen LogP contribution in [0, 0.1) is 0 Å².